The van der Waals surface area contributed by atoms with Crippen LogP contribution in [0.1, 0.15) is 123 Å². The monoisotopic (exact) mass is 2050 g/mol. The number of hydrogen-bond acceptors (Lipinski definition) is 29. The Morgan fingerprint density at radius 2 is 0.787 bits per heavy atom. The van der Waals surface area contributed by atoms with Gasteiger partial charge in [-0.25, -0.2) is 0 Å². The zero-order valence-electron chi connectivity index (χ0n) is 79.4. The van der Waals surface area contributed by atoms with Gasteiger partial charge >= 0.3 is 0 Å². The van der Waals surface area contributed by atoms with Gasteiger partial charge in [0.05, 0.1) is 32.2 Å². The summed E-state index contributed by atoms with van der Waals surface area (Å²) in [4.78, 5) is 261. The second-order valence-corrected chi connectivity index (χ2v) is 39.1. The van der Waals surface area contributed by atoms with Crippen LogP contribution in [0.3, 0.4) is 0 Å². The molecule has 0 spiro atoms. The van der Waals surface area contributed by atoms with Crippen LogP contribution in [0.15, 0.2) is 54.6 Å². The van der Waals surface area contributed by atoms with Crippen molar-refractivity contribution < 1.29 is 91.4 Å². The number of hydrogen-bond donors (Lipinski definition) is 35. The van der Waals surface area contributed by atoms with Crippen LogP contribution in [-0.4, -0.2) is 308 Å². The highest BCUT2D eigenvalue weighted by atomic mass is 33.1. The summed E-state index contributed by atoms with van der Waals surface area (Å²) in [6.45, 7) is 6.86. The maximum Gasteiger partial charge on any atom is 0.244 e. The molecule has 2 aliphatic rings. The van der Waals surface area contributed by atoms with E-state index in [4.69, 9.17) is 67.2 Å². The van der Waals surface area contributed by atoms with Crippen LogP contribution < -0.4 is 157 Å². The van der Waals surface area contributed by atoms with Crippen LogP contribution in [0.4, 0.5) is 0 Å². The van der Waals surface area contributed by atoms with E-state index < -0.39 is 282 Å². The number of fused-ring (bicyclic) bond motifs is 5. The van der Waals surface area contributed by atoms with Crippen molar-refractivity contribution in [3.05, 3.63) is 65.7 Å². The quantitative estimate of drug-likeness (QED) is 0.0127. The number of carbonyl (C=O) groups excluding carboxylic acids is 18. The van der Waals surface area contributed by atoms with E-state index in [-0.39, 0.29) is 127 Å². The molecule has 0 aliphatic carbocycles. The van der Waals surface area contributed by atoms with Gasteiger partial charge in [0.15, 0.2) is 29.8 Å². The minimum atomic E-state index is -1.81. The second-order valence-electron chi connectivity index (χ2n) is 34.0. The third kappa shape index (κ3) is 48.2. The molecule has 53 nitrogen and oxygen atoms in total. The summed E-state index contributed by atoms with van der Waals surface area (Å²) in [5.74, 6) is -24.2. The molecule has 57 heteroatoms. The number of carbonyl (C=O) groups is 18. The molecular formula is C84H138N34O19S4. The van der Waals surface area contributed by atoms with Crippen molar-refractivity contribution in [2.45, 2.75) is 210 Å². The lowest BCUT2D eigenvalue weighted by Gasteiger charge is -2.30. The van der Waals surface area contributed by atoms with Crippen molar-refractivity contribution in [2.75, 3.05) is 81.9 Å². The number of rotatable bonds is 45. The summed E-state index contributed by atoms with van der Waals surface area (Å²) in [6, 6.07) is -8.82. The Bertz CT molecular complexity index is 4630. The number of primary amides is 1. The van der Waals surface area contributed by atoms with Gasteiger partial charge in [-0.2, -0.15) is 0 Å². The van der Waals surface area contributed by atoms with E-state index >= 15 is 52.7 Å². The Kier molecular flexibility index (Phi) is 54.2. The minimum absolute atomic E-state index is 0.00436. The highest BCUT2D eigenvalue weighted by molar-refractivity contribution is 8.77. The summed E-state index contributed by atoms with van der Waals surface area (Å²) in [6.07, 6.45) is -0.958. The molecule has 4 rings (SSSR count). The summed E-state index contributed by atoms with van der Waals surface area (Å²) in [7, 11) is 3.19. The molecule has 0 aromatic heterocycles. The molecule has 2 bridgehead atoms. The lowest BCUT2D eigenvalue weighted by atomic mass is 10.0. The maximum absolute atomic E-state index is 15.7. The van der Waals surface area contributed by atoms with Crippen LogP contribution >= 0.6 is 43.2 Å². The lowest BCUT2D eigenvalue weighted by Crippen LogP contribution is -2.62. The highest BCUT2D eigenvalue weighted by Crippen LogP contribution is 2.27. The SMILES string of the molecule is CC(C)C[C@H](NC(=O)CNC(=O)CNC(=O)CNC(=O)[C@@H](N)CCCNC(=N)N)C(=O)N[C@H]1CSSC[C@@H](C(=O)N[C@H](C(=O)NCC(=O)N[C@@H](CCCNC(=N)N)C(N)=O)C(C)C)NC(=O)[C@H](C(C)C)NC(=O)[C@@H]2CSSC[C@H](NC(=O)[C@H](Cc3ccc(O)cc3)NC1=O)C(=O)N[C@@H](CCCNC(=N)N)C(=O)N[C@@H](CCCNC(=N)N)C(=O)N[C@@H](CCCNC(=N)N)C(=O)N[C@@H](Cc1ccccc1)C(=O)N2. The fourth-order valence-corrected chi connectivity index (χ4v) is 18.1. The minimum Gasteiger partial charge on any atom is -0.508 e. The van der Waals surface area contributed by atoms with Crippen molar-refractivity contribution in [1.82, 2.24) is 117 Å². The van der Waals surface area contributed by atoms with Crippen molar-refractivity contribution in [1.29, 1.82) is 27.0 Å². The Labute approximate surface area is 831 Å². The molecule has 18 amide bonds. The Hall–Kier alpha value is -13.6. The van der Waals surface area contributed by atoms with Crippen LogP contribution in [0.25, 0.3) is 0 Å². The van der Waals surface area contributed by atoms with E-state index in [1.807, 2.05) is 0 Å². The number of phenols is 1. The Balaban J connectivity index is 2.02. The van der Waals surface area contributed by atoms with Crippen LogP contribution in [0.5, 0.6) is 5.75 Å². The fourth-order valence-electron chi connectivity index (χ4n) is 13.5. The fraction of sp³-hybridized carbons (Fsp3) is 0.583. The van der Waals surface area contributed by atoms with Gasteiger partial charge in [0.1, 0.15) is 84.3 Å². The van der Waals surface area contributed by atoms with Gasteiger partial charge < -0.3 is 162 Å². The second kappa shape index (κ2) is 63.9. The van der Waals surface area contributed by atoms with E-state index in [2.05, 4.69) is 117 Å². The molecule has 42 N–H and O–H groups in total. The lowest BCUT2D eigenvalue weighted by molar-refractivity contribution is -0.136. The molecule has 2 aliphatic heterocycles. The van der Waals surface area contributed by atoms with E-state index in [1.165, 1.54) is 52.0 Å². The van der Waals surface area contributed by atoms with Gasteiger partial charge in [-0.05, 0) is 112 Å². The van der Waals surface area contributed by atoms with Crippen molar-refractivity contribution in [3.63, 3.8) is 0 Å². The zero-order chi connectivity index (χ0) is 105. The van der Waals surface area contributed by atoms with Gasteiger partial charge in [0, 0.05) is 68.6 Å². The Morgan fingerprint density at radius 3 is 1.25 bits per heavy atom. The zero-order valence-corrected chi connectivity index (χ0v) is 82.6. The third-order valence-electron chi connectivity index (χ3n) is 21.0. The average Bonchev–Trinajstić information content (AvgIpc) is 0.842. The molecule has 14 atom stereocenters. The predicted octanol–water partition coefficient (Wildman–Crippen LogP) is -9.78. The number of nitrogens with one attached hydrogen (secondary N) is 27. The van der Waals surface area contributed by atoms with Gasteiger partial charge in [0.2, 0.25) is 106 Å². The third-order valence-corrected chi connectivity index (χ3v) is 25.9. The number of amides is 18. The van der Waals surface area contributed by atoms with Gasteiger partial charge in [0.25, 0.3) is 0 Å². The van der Waals surface area contributed by atoms with Gasteiger partial charge in [-0.15, -0.1) is 0 Å². The normalized spacial score (nSPS) is 20.3. The first kappa shape index (κ1) is 120. The Morgan fingerprint density at radius 1 is 0.397 bits per heavy atom. The summed E-state index contributed by atoms with van der Waals surface area (Å²) < 4.78 is 0. The van der Waals surface area contributed by atoms with Crippen molar-refractivity contribution in [2.24, 2.45) is 57.9 Å². The number of phenolic OH excluding ortho intramolecular Hbond substituents is 1. The highest BCUT2D eigenvalue weighted by Gasteiger charge is 2.40. The van der Waals surface area contributed by atoms with Crippen molar-refractivity contribution in [3.8, 4) is 5.75 Å². The number of nitrogens with two attached hydrogens (primary N) is 7. The number of aromatic hydroxyl groups is 1. The van der Waals surface area contributed by atoms with Crippen LogP contribution in [0.2, 0.25) is 0 Å². The van der Waals surface area contributed by atoms with E-state index in [1.54, 1.807) is 44.2 Å². The van der Waals surface area contributed by atoms with Crippen LogP contribution in [0, 0.1) is 44.8 Å². The topological polar surface area (TPSA) is 894 Å². The molecule has 782 valence electrons. The van der Waals surface area contributed by atoms with Crippen LogP contribution in [-0.2, 0) is 99.1 Å². The maximum atomic E-state index is 15.7. The van der Waals surface area contributed by atoms with Gasteiger partial charge in [-0.3, -0.25) is 113 Å². The smallest absolute Gasteiger partial charge is 0.244 e. The van der Waals surface area contributed by atoms with E-state index in [9.17, 15) is 38.7 Å². The first-order chi connectivity index (χ1) is 66.7. The number of benzene rings is 2. The standard InChI is InChI=1S/C84H138N34O19S4/c1-42(2)31-53(107-62(122)36-103-60(120)34-102-61(121)35-104-67(125)48(85)17-10-26-97-80(87)88)71(129)113-57-39-139-141-41-59(77(135)117-64(43(3)4)78(136)105-37-63(123)106-49(66(86)124)18-11-27-98-81(89)90)116-79(137)65(44(5)6)118-76(134)58-40-140-138-38-56(114-73(131)55(112-75(57)133)33-46-22-24-47(119)25-23-46)74(132)110-51(20-13-29-100-83(93)94)69(127)108-50(19-12-28-99-82(91)92)68(126)109-52(21-14-30-101-84(95)96)70(128)111-54(72(130)115-58)32-45-15-8-7-9-16-45/h7-9,15-16,22-25,42-44,48-59,64-65,119H,10-14,17-21,26-41,85H2,1-6H3,(H2,86,124)(H,102,121)(H,103,120)(H,104,125)(H,105,136)(H,106,123)(H,107,122)(H,108,127)(H,109,126)(H,110,132)(H,111,128)(H,112,133)(H,113,129)(H,114,131)(H,115,130)(H,116,137)(H,117,135)(H,118,134)(H4,87,88,97)(H4,89,90,98)(H4,91,92,99)(H4,93,94,100)(H4,95,96,101)/t48-,49-,50-,51-,52-,53-,54-,55-,56-,57-,58-,59-,64-,65-/m0/s1. The van der Waals surface area contributed by atoms with E-state index in [0.29, 0.717) is 12.0 Å². The number of guanidine groups is 5. The average molecular weight is 2060 g/mol. The molecular weight excluding hydrogens is 1920 g/mol. The molecule has 2 fully saturated rings. The first-order valence-corrected chi connectivity index (χ1v) is 50.4. The molecule has 0 radical (unpaired) electrons. The summed E-state index contributed by atoms with van der Waals surface area (Å²) >= 11 is 0. The van der Waals surface area contributed by atoms with Gasteiger partial charge in [-0.1, -0.05) is 127 Å². The molecule has 2 heterocycles. The summed E-state index contributed by atoms with van der Waals surface area (Å²) in [5, 5.41) is 105. The molecule has 0 saturated carbocycles. The van der Waals surface area contributed by atoms with E-state index in [0.717, 1.165) is 43.2 Å². The first-order valence-electron chi connectivity index (χ1n) is 45.5. The predicted molar refractivity (Wildman–Crippen MR) is 531 cm³/mol. The van der Waals surface area contributed by atoms with Crippen molar-refractivity contribution >= 4 is 179 Å². The molecule has 2 saturated heterocycles. The molecule has 0 unspecified atom stereocenters. The molecule has 141 heavy (non-hydrogen) atoms. The largest absolute Gasteiger partial charge is 0.508 e. The molecule has 2 aromatic rings. The summed E-state index contributed by atoms with van der Waals surface area (Å²) in [5.41, 5.74) is 39.8. The molecule has 2 aromatic carbocycles.